The minimum absolute atomic E-state index is 0.122. The lowest BCUT2D eigenvalue weighted by molar-refractivity contribution is -0.149. The van der Waals surface area contributed by atoms with Crippen LogP contribution in [0.5, 0.6) is 0 Å². The summed E-state index contributed by atoms with van der Waals surface area (Å²) < 4.78 is 20.0. The van der Waals surface area contributed by atoms with E-state index in [0.717, 1.165) is 18.4 Å². The number of thiazole rings is 1. The summed E-state index contributed by atoms with van der Waals surface area (Å²) in [5.74, 6) is -0.939. The molecule has 3 aromatic rings. The molecule has 0 radical (unpaired) electrons. The molecule has 8 heteroatoms. The topological polar surface area (TPSA) is 63.9 Å². The number of carbonyl (C=O) groups is 2. The third-order valence-electron chi connectivity index (χ3n) is 4.90. The molecule has 1 amide bonds. The fraction of sp³-hybridized carbons (Fsp3) is 0.350. The zero-order valence-electron chi connectivity index (χ0n) is 15.4. The number of hydrogen-bond acceptors (Lipinski definition) is 5. The summed E-state index contributed by atoms with van der Waals surface area (Å²) in [5.41, 5.74) is 1.99. The Labute approximate surface area is 165 Å². The third kappa shape index (κ3) is 3.52. The van der Waals surface area contributed by atoms with Crippen molar-refractivity contribution in [3.63, 3.8) is 0 Å². The van der Waals surface area contributed by atoms with Gasteiger partial charge in [0.15, 0.2) is 4.96 Å². The van der Waals surface area contributed by atoms with Crippen molar-refractivity contribution >= 4 is 28.2 Å². The van der Waals surface area contributed by atoms with Gasteiger partial charge in [0.25, 0.3) is 5.91 Å². The van der Waals surface area contributed by atoms with Gasteiger partial charge in [0.2, 0.25) is 0 Å². The van der Waals surface area contributed by atoms with Gasteiger partial charge in [0.1, 0.15) is 11.5 Å². The Morgan fingerprint density at radius 2 is 2.11 bits per heavy atom. The molecule has 3 heterocycles. The quantitative estimate of drug-likeness (QED) is 0.627. The van der Waals surface area contributed by atoms with Gasteiger partial charge in [-0.15, -0.1) is 11.3 Å². The molecule has 2 aromatic heterocycles. The molecule has 28 heavy (non-hydrogen) atoms. The average molecular weight is 401 g/mol. The molecule has 1 fully saturated rings. The van der Waals surface area contributed by atoms with E-state index in [9.17, 15) is 14.0 Å². The van der Waals surface area contributed by atoms with Crippen LogP contribution in [0.2, 0.25) is 0 Å². The minimum atomic E-state index is -0.304. The lowest BCUT2D eigenvalue weighted by atomic mass is 9.98. The van der Waals surface area contributed by atoms with Crippen LogP contribution in [-0.2, 0) is 9.53 Å². The standard InChI is InChI=1S/C20H20FN3O3S/c1-2-27-19(26)14-4-3-9-23(10-14)18(25)17-12-28-20-22-16(11-24(17)20)13-5-7-15(21)8-6-13/h5-8,11-12,14H,2-4,9-10H2,1H3/t14-/m0/s1. The molecular formula is C20H20FN3O3S. The van der Waals surface area contributed by atoms with Gasteiger partial charge in [0, 0.05) is 30.2 Å². The van der Waals surface area contributed by atoms with Crippen molar-refractivity contribution in [1.82, 2.24) is 14.3 Å². The molecule has 0 bridgehead atoms. The van der Waals surface area contributed by atoms with E-state index in [-0.39, 0.29) is 23.6 Å². The first-order valence-electron chi connectivity index (χ1n) is 9.25. The highest BCUT2D eigenvalue weighted by molar-refractivity contribution is 7.15. The maximum Gasteiger partial charge on any atom is 0.310 e. The first kappa shape index (κ1) is 18.6. The van der Waals surface area contributed by atoms with Gasteiger partial charge < -0.3 is 9.64 Å². The van der Waals surface area contributed by atoms with Crippen molar-refractivity contribution in [3.05, 3.63) is 47.4 Å². The number of esters is 1. The molecule has 0 aliphatic carbocycles. The van der Waals surface area contributed by atoms with Gasteiger partial charge in [-0.05, 0) is 44.0 Å². The summed E-state index contributed by atoms with van der Waals surface area (Å²) >= 11 is 1.38. The van der Waals surface area contributed by atoms with Crippen LogP contribution in [-0.4, -0.2) is 45.9 Å². The number of rotatable bonds is 4. The first-order chi connectivity index (χ1) is 13.6. The molecule has 0 N–H and O–H groups in total. The van der Waals surface area contributed by atoms with E-state index in [4.69, 9.17) is 4.74 Å². The van der Waals surface area contributed by atoms with Gasteiger partial charge in [0.05, 0.1) is 18.2 Å². The molecular weight excluding hydrogens is 381 g/mol. The first-order valence-corrected chi connectivity index (χ1v) is 10.1. The van der Waals surface area contributed by atoms with Gasteiger partial charge in [-0.2, -0.15) is 0 Å². The SMILES string of the molecule is CCOC(=O)[C@H]1CCCN(C(=O)c2csc3nc(-c4ccc(F)cc4)cn23)C1. The number of likely N-dealkylation sites (tertiary alicyclic amines) is 1. The number of amides is 1. The highest BCUT2D eigenvalue weighted by Crippen LogP contribution is 2.26. The fourth-order valence-corrected chi connectivity index (χ4v) is 4.32. The number of fused-ring (bicyclic) bond motifs is 1. The molecule has 1 aromatic carbocycles. The van der Waals surface area contributed by atoms with E-state index in [2.05, 4.69) is 4.98 Å². The predicted molar refractivity (Wildman–Crippen MR) is 104 cm³/mol. The van der Waals surface area contributed by atoms with Gasteiger partial charge in [-0.1, -0.05) is 0 Å². The summed E-state index contributed by atoms with van der Waals surface area (Å²) in [6.45, 7) is 3.11. The Morgan fingerprint density at radius 1 is 1.32 bits per heavy atom. The fourth-order valence-electron chi connectivity index (χ4n) is 3.47. The van der Waals surface area contributed by atoms with Crippen LogP contribution in [0.3, 0.4) is 0 Å². The summed E-state index contributed by atoms with van der Waals surface area (Å²) in [6.07, 6.45) is 3.30. The van der Waals surface area contributed by atoms with Crippen molar-refractivity contribution < 1.29 is 18.7 Å². The van der Waals surface area contributed by atoms with E-state index in [1.807, 2.05) is 0 Å². The lowest BCUT2D eigenvalue weighted by Crippen LogP contribution is -2.43. The second-order valence-corrected chi connectivity index (χ2v) is 7.59. The van der Waals surface area contributed by atoms with E-state index < -0.39 is 0 Å². The van der Waals surface area contributed by atoms with Crippen molar-refractivity contribution in [3.8, 4) is 11.3 Å². The van der Waals surface area contributed by atoms with E-state index in [0.29, 0.717) is 36.0 Å². The van der Waals surface area contributed by atoms with Gasteiger partial charge in [-0.3, -0.25) is 14.0 Å². The Morgan fingerprint density at radius 3 is 2.86 bits per heavy atom. The number of halogens is 1. The zero-order valence-corrected chi connectivity index (χ0v) is 16.2. The molecule has 4 rings (SSSR count). The van der Waals surface area contributed by atoms with Crippen molar-refractivity contribution in [2.45, 2.75) is 19.8 Å². The Kier molecular flexibility index (Phi) is 5.13. The number of ether oxygens (including phenoxy) is 1. The Balaban J connectivity index is 1.57. The largest absolute Gasteiger partial charge is 0.466 e. The maximum atomic E-state index is 13.2. The minimum Gasteiger partial charge on any atom is -0.466 e. The van der Waals surface area contributed by atoms with Crippen molar-refractivity contribution in [2.75, 3.05) is 19.7 Å². The maximum absolute atomic E-state index is 13.2. The number of carbonyl (C=O) groups excluding carboxylic acids is 2. The monoisotopic (exact) mass is 401 g/mol. The van der Waals surface area contributed by atoms with Crippen molar-refractivity contribution in [1.29, 1.82) is 0 Å². The van der Waals surface area contributed by atoms with Crippen LogP contribution >= 0.6 is 11.3 Å². The molecule has 6 nitrogen and oxygen atoms in total. The molecule has 0 saturated carbocycles. The van der Waals surface area contributed by atoms with Crippen LogP contribution in [0.4, 0.5) is 4.39 Å². The summed E-state index contributed by atoms with van der Waals surface area (Å²) in [4.78, 5) is 32.1. The van der Waals surface area contributed by atoms with Gasteiger partial charge in [-0.25, -0.2) is 9.37 Å². The second-order valence-electron chi connectivity index (χ2n) is 6.75. The summed E-state index contributed by atoms with van der Waals surface area (Å²) in [6, 6.07) is 6.10. The number of aromatic nitrogens is 2. The zero-order chi connectivity index (χ0) is 19.7. The van der Waals surface area contributed by atoms with E-state index >= 15 is 0 Å². The highest BCUT2D eigenvalue weighted by Gasteiger charge is 2.31. The van der Waals surface area contributed by atoms with Crippen molar-refractivity contribution in [2.24, 2.45) is 5.92 Å². The third-order valence-corrected chi connectivity index (χ3v) is 5.74. The Bertz CT molecular complexity index is 1010. The second kappa shape index (κ2) is 7.71. The van der Waals surface area contributed by atoms with Crippen LogP contribution in [0.1, 0.15) is 30.3 Å². The molecule has 146 valence electrons. The molecule has 1 atom stereocenters. The molecule has 1 saturated heterocycles. The molecule has 0 spiro atoms. The van der Waals surface area contributed by atoms with Crippen LogP contribution in [0, 0.1) is 11.7 Å². The van der Waals surface area contributed by atoms with Crippen LogP contribution in [0.15, 0.2) is 35.8 Å². The predicted octanol–water partition coefficient (Wildman–Crippen LogP) is 3.62. The molecule has 1 aliphatic rings. The Hall–Kier alpha value is -2.74. The highest BCUT2D eigenvalue weighted by atomic mass is 32.1. The van der Waals surface area contributed by atoms with Gasteiger partial charge >= 0.3 is 5.97 Å². The van der Waals surface area contributed by atoms with Crippen LogP contribution < -0.4 is 0 Å². The summed E-state index contributed by atoms with van der Waals surface area (Å²) in [5, 5.41) is 1.78. The van der Waals surface area contributed by atoms with E-state index in [1.165, 1.54) is 23.5 Å². The number of hydrogen-bond donors (Lipinski definition) is 0. The smallest absolute Gasteiger partial charge is 0.310 e. The summed E-state index contributed by atoms with van der Waals surface area (Å²) in [7, 11) is 0. The molecule has 0 unspecified atom stereocenters. The molecule has 1 aliphatic heterocycles. The number of nitrogens with zero attached hydrogens (tertiary/aromatic N) is 3. The number of imidazole rings is 1. The normalized spacial score (nSPS) is 17.1. The number of benzene rings is 1. The number of piperidine rings is 1. The lowest BCUT2D eigenvalue weighted by Gasteiger charge is -2.31. The van der Waals surface area contributed by atoms with Crippen LogP contribution in [0.25, 0.3) is 16.2 Å². The average Bonchev–Trinajstić information content (AvgIpc) is 3.29. The van der Waals surface area contributed by atoms with E-state index in [1.54, 1.807) is 39.9 Å².